The predicted molar refractivity (Wildman–Crippen MR) is 89.7 cm³/mol. The number of amides is 1. The number of ether oxygens (including phenoxy) is 1. The highest BCUT2D eigenvalue weighted by Crippen LogP contribution is 2.26. The second-order valence-electron chi connectivity index (χ2n) is 5.84. The Morgan fingerprint density at radius 1 is 1.27 bits per heavy atom. The van der Waals surface area contributed by atoms with Crippen LogP contribution in [0.1, 0.15) is 37.0 Å². The summed E-state index contributed by atoms with van der Waals surface area (Å²) in [5, 5.41) is 5.36. The molecule has 1 N–H and O–H groups in total. The largest absolute Gasteiger partial charge is 0.378 e. The lowest BCUT2D eigenvalue weighted by molar-refractivity contribution is -0.125. The first kappa shape index (κ1) is 15.5. The lowest BCUT2D eigenvalue weighted by atomic mass is 9.89. The number of hydrazone groups is 1. The van der Waals surface area contributed by atoms with Crippen LogP contribution in [0.5, 0.6) is 0 Å². The first-order valence-electron chi connectivity index (χ1n) is 8.08. The van der Waals surface area contributed by atoms with Crippen molar-refractivity contribution in [1.29, 1.82) is 0 Å². The Balaban J connectivity index is 1.50. The number of rotatable bonds is 4. The van der Waals surface area contributed by atoms with Crippen molar-refractivity contribution in [3.8, 4) is 0 Å². The van der Waals surface area contributed by atoms with Crippen LogP contribution in [0.15, 0.2) is 17.2 Å². The Bertz CT molecular complexity index is 517. The molecule has 1 aromatic heterocycles. The van der Waals surface area contributed by atoms with Crippen molar-refractivity contribution in [2.45, 2.75) is 32.1 Å². The van der Waals surface area contributed by atoms with Gasteiger partial charge < -0.3 is 9.64 Å². The van der Waals surface area contributed by atoms with E-state index in [-0.39, 0.29) is 11.8 Å². The van der Waals surface area contributed by atoms with E-state index in [1.807, 2.05) is 6.07 Å². The van der Waals surface area contributed by atoms with Crippen molar-refractivity contribution in [3.05, 3.63) is 17.0 Å². The minimum atomic E-state index is 0.0703. The van der Waals surface area contributed by atoms with E-state index in [4.69, 9.17) is 4.74 Å². The highest BCUT2D eigenvalue weighted by molar-refractivity contribution is 7.17. The lowest BCUT2D eigenvalue weighted by Gasteiger charge is -2.27. The zero-order valence-electron chi connectivity index (χ0n) is 12.8. The van der Waals surface area contributed by atoms with Crippen molar-refractivity contribution < 1.29 is 9.53 Å². The first-order chi connectivity index (χ1) is 10.8. The van der Waals surface area contributed by atoms with E-state index in [0.29, 0.717) is 0 Å². The molecule has 1 aromatic rings. The highest BCUT2D eigenvalue weighted by atomic mass is 32.1. The zero-order valence-corrected chi connectivity index (χ0v) is 13.6. The van der Waals surface area contributed by atoms with E-state index in [1.165, 1.54) is 11.4 Å². The van der Waals surface area contributed by atoms with Gasteiger partial charge in [0, 0.05) is 23.9 Å². The molecule has 0 aromatic carbocycles. The van der Waals surface area contributed by atoms with Crippen LogP contribution in [0.2, 0.25) is 0 Å². The van der Waals surface area contributed by atoms with Gasteiger partial charge in [0.1, 0.15) is 0 Å². The van der Waals surface area contributed by atoms with E-state index in [2.05, 4.69) is 21.5 Å². The van der Waals surface area contributed by atoms with Crippen LogP contribution in [0.25, 0.3) is 0 Å². The van der Waals surface area contributed by atoms with E-state index >= 15 is 0 Å². The highest BCUT2D eigenvalue weighted by Gasteiger charge is 2.20. The van der Waals surface area contributed by atoms with Crippen LogP contribution < -0.4 is 10.3 Å². The van der Waals surface area contributed by atoms with Crippen LogP contribution in [0, 0.1) is 5.92 Å². The van der Waals surface area contributed by atoms with Crippen molar-refractivity contribution in [1.82, 2.24) is 5.43 Å². The molecule has 1 aliphatic heterocycles. The van der Waals surface area contributed by atoms with Gasteiger partial charge in [-0.15, -0.1) is 11.3 Å². The molecule has 1 saturated carbocycles. The molecule has 0 spiro atoms. The molecule has 5 nitrogen and oxygen atoms in total. The van der Waals surface area contributed by atoms with Gasteiger partial charge >= 0.3 is 0 Å². The molecule has 22 heavy (non-hydrogen) atoms. The lowest BCUT2D eigenvalue weighted by Crippen LogP contribution is -2.35. The second-order valence-corrected chi connectivity index (χ2v) is 6.94. The Kier molecular flexibility index (Phi) is 5.45. The third kappa shape index (κ3) is 4.08. The molecular weight excluding hydrogens is 298 g/mol. The smallest absolute Gasteiger partial charge is 0.243 e. The maximum Gasteiger partial charge on any atom is 0.243 e. The number of thiophene rings is 1. The summed E-state index contributed by atoms with van der Waals surface area (Å²) in [6.45, 7) is 3.46. The van der Waals surface area contributed by atoms with Gasteiger partial charge in [-0.2, -0.15) is 5.10 Å². The van der Waals surface area contributed by atoms with Crippen LogP contribution in [0.4, 0.5) is 5.00 Å². The van der Waals surface area contributed by atoms with Gasteiger partial charge in [-0.05, 0) is 25.0 Å². The first-order valence-corrected chi connectivity index (χ1v) is 8.90. The molecular formula is C16H23N3O2S. The predicted octanol–water partition coefficient (Wildman–Crippen LogP) is 2.62. The summed E-state index contributed by atoms with van der Waals surface area (Å²) in [6, 6.07) is 4.16. The standard InChI is InChI=1S/C16H23N3O2S/c20-16(13-4-2-1-3-5-13)18-17-12-14-6-7-15(22-14)19-8-10-21-11-9-19/h6-7,12-13H,1-5,8-11H2,(H,18,20)/b17-12-. The number of anilines is 1. The number of hydrogen-bond acceptors (Lipinski definition) is 5. The molecule has 1 saturated heterocycles. The fraction of sp³-hybridized carbons (Fsp3) is 0.625. The maximum absolute atomic E-state index is 12.0. The fourth-order valence-electron chi connectivity index (χ4n) is 2.98. The van der Waals surface area contributed by atoms with Crippen molar-refractivity contribution in [3.63, 3.8) is 0 Å². The summed E-state index contributed by atoms with van der Waals surface area (Å²) in [4.78, 5) is 15.4. The van der Waals surface area contributed by atoms with E-state index in [1.54, 1.807) is 17.6 Å². The minimum absolute atomic E-state index is 0.0703. The molecule has 120 valence electrons. The Morgan fingerprint density at radius 2 is 2.05 bits per heavy atom. The van der Waals surface area contributed by atoms with Crippen molar-refractivity contribution in [2.75, 3.05) is 31.2 Å². The molecule has 6 heteroatoms. The Hall–Kier alpha value is -1.40. The van der Waals surface area contributed by atoms with Crippen LogP contribution in [0.3, 0.4) is 0 Å². The Morgan fingerprint density at radius 3 is 2.82 bits per heavy atom. The summed E-state index contributed by atoms with van der Waals surface area (Å²) in [5.74, 6) is 0.221. The molecule has 3 rings (SSSR count). The van der Waals surface area contributed by atoms with Crippen LogP contribution in [-0.4, -0.2) is 38.4 Å². The Labute approximate surface area is 135 Å². The summed E-state index contributed by atoms with van der Waals surface area (Å²) in [6.07, 6.45) is 7.33. The monoisotopic (exact) mass is 321 g/mol. The average molecular weight is 321 g/mol. The fourth-order valence-corrected chi connectivity index (χ4v) is 3.91. The molecule has 0 unspecified atom stereocenters. The van der Waals surface area contributed by atoms with Gasteiger partial charge in [-0.25, -0.2) is 5.43 Å². The summed E-state index contributed by atoms with van der Waals surface area (Å²) in [5.41, 5.74) is 2.69. The summed E-state index contributed by atoms with van der Waals surface area (Å²) >= 11 is 1.70. The van der Waals surface area contributed by atoms with Crippen molar-refractivity contribution >= 4 is 28.5 Å². The normalized spacial score (nSPS) is 20.5. The number of nitrogens with zero attached hydrogens (tertiary/aromatic N) is 2. The topological polar surface area (TPSA) is 53.9 Å². The number of nitrogens with one attached hydrogen (secondary N) is 1. The molecule has 0 bridgehead atoms. The molecule has 0 radical (unpaired) electrons. The van der Waals surface area contributed by atoms with Crippen molar-refractivity contribution in [2.24, 2.45) is 11.0 Å². The van der Waals surface area contributed by atoms with Gasteiger partial charge in [0.2, 0.25) is 5.91 Å². The molecule has 2 heterocycles. The van der Waals surface area contributed by atoms with Gasteiger partial charge in [-0.1, -0.05) is 19.3 Å². The summed E-state index contributed by atoms with van der Waals surface area (Å²) in [7, 11) is 0. The number of hydrogen-bond donors (Lipinski definition) is 1. The van der Waals surface area contributed by atoms with Crippen LogP contribution in [-0.2, 0) is 9.53 Å². The molecule has 1 amide bonds. The molecule has 1 aliphatic carbocycles. The SMILES string of the molecule is O=C(N/N=C\c1ccc(N2CCOCC2)s1)C1CCCCC1. The summed E-state index contributed by atoms with van der Waals surface area (Å²) < 4.78 is 5.37. The molecule has 2 aliphatic rings. The van der Waals surface area contributed by atoms with Gasteiger partial charge in [0.05, 0.1) is 24.4 Å². The van der Waals surface area contributed by atoms with E-state index in [0.717, 1.165) is 56.9 Å². The molecule has 2 fully saturated rings. The number of morpholine rings is 1. The number of carbonyl (C=O) groups excluding carboxylic acids is 1. The van der Waals surface area contributed by atoms with Gasteiger partial charge in [-0.3, -0.25) is 4.79 Å². The molecule has 0 atom stereocenters. The van der Waals surface area contributed by atoms with E-state index < -0.39 is 0 Å². The van der Waals surface area contributed by atoms with Crippen LogP contribution >= 0.6 is 11.3 Å². The minimum Gasteiger partial charge on any atom is -0.378 e. The average Bonchev–Trinajstić information content (AvgIpc) is 3.05. The zero-order chi connectivity index (χ0) is 15.2. The maximum atomic E-state index is 12.0. The third-order valence-electron chi connectivity index (χ3n) is 4.28. The second kappa shape index (κ2) is 7.74. The quantitative estimate of drug-likeness (QED) is 0.685. The van der Waals surface area contributed by atoms with E-state index in [9.17, 15) is 4.79 Å². The third-order valence-corrected chi connectivity index (χ3v) is 5.36. The van der Waals surface area contributed by atoms with Gasteiger partial charge in [0.25, 0.3) is 0 Å². The number of carbonyl (C=O) groups is 1. The van der Waals surface area contributed by atoms with Gasteiger partial charge in [0.15, 0.2) is 0 Å².